The van der Waals surface area contributed by atoms with Crippen LogP contribution in [0.5, 0.6) is 0 Å². The van der Waals surface area contributed by atoms with Gasteiger partial charge in [-0.1, -0.05) is 23.7 Å². The number of hydrogen-bond acceptors (Lipinski definition) is 4. The van der Waals surface area contributed by atoms with Crippen LogP contribution in [0.2, 0.25) is 5.02 Å². The fourth-order valence-corrected chi connectivity index (χ4v) is 4.01. The van der Waals surface area contributed by atoms with Gasteiger partial charge in [0, 0.05) is 23.6 Å². The van der Waals surface area contributed by atoms with Crippen molar-refractivity contribution in [2.24, 2.45) is 0 Å². The minimum absolute atomic E-state index is 0.0153. The quantitative estimate of drug-likeness (QED) is 0.945. The Bertz CT molecular complexity index is 593. The van der Waals surface area contributed by atoms with Gasteiger partial charge in [0.05, 0.1) is 17.7 Å². The molecule has 0 amide bonds. The van der Waals surface area contributed by atoms with E-state index in [0.717, 1.165) is 41.8 Å². The van der Waals surface area contributed by atoms with Crippen LogP contribution in [0.15, 0.2) is 29.6 Å². The zero-order chi connectivity index (χ0) is 14.0. The molecule has 1 aromatic heterocycles. The smallest absolute Gasteiger partial charge is 0.104 e. The van der Waals surface area contributed by atoms with E-state index in [-0.39, 0.29) is 12.0 Å². The molecule has 106 valence electrons. The van der Waals surface area contributed by atoms with Gasteiger partial charge in [0.2, 0.25) is 0 Å². The second-order valence-electron chi connectivity index (χ2n) is 5.01. The highest BCUT2D eigenvalue weighted by molar-refractivity contribution is 7.09. The maximum Gasteiger partial charge on any atom is 0.104 e. The Labute approximate surface area is 127 Å². The summed E-state index contributed by atoms with van der Waals surface area (Å²) in [5.74, 6) is 0. The molecule has 3 rings (SSSR count). The van der Waals surface area contributed by atoms with Gasteiger partial charge in [0.1, 0.15) is 5.01 Å². The number of aliphatic hydroxyl groups is 1. The van der Waals surface area contributed by atoms with Crippen molar-refractivity contribution < 1.29 is 9.84 Å². The lowest BCUT2D eigenvalue weighted by Gasteiger charge is -2.36. The van der Waals surface area contributed by atoms with Crippen molar-refractivity contribution in [1.82, 2.24) is 4.98 Å². The average Bonchev–Trinajstić information content (AvgIpc) is 2.97. The molecule has 1 fully saturated rings. The Morgan fingerprint density at radius 1 is 1.35 bits per heavy atom. The lowest BCUT2D eigenvalue weighted by Crippen LogP contribution is -2.35. The normalized spacial score (nSPS) is 18.1. The van der Waals surface area contributed by atoms with Crippen molar-refractivity contribution >= 4 is 22.9 Å². The van der Waals surface area contributed by atoms with E-state index in [4.69, 9.17) is 16.3 Å². The van der Waals surface area contributed by atoms with E-state index in [0.29, 0.717) is 0 Å². The fourth-order valence-electron chi connectivity index (χ4n) is 2.73. The molecule has 1 saturated heterocycles. The van der Waals surface area contributed by atoms with Crippen LogP contribution in [0.25, 0.3) is 0 Å². The average molecular weight is 310 g/mol. The standard InChI is InChI=1S/C15H16ClNO2S/c16-12-3-1-2-11(8-12)15(4-6-19-7-5-15)14-17-13(9-18)10-20-14/h1-3,8,10,18H,4-7,9H2. The molecular formula is C15H16ClNO2S. The number of hydrogen-bond donors (Lipinski definition) is 1. The molecule has 0 saturated carbocycles. The van der Waals surface area contributed by atoms with E-state index in [1.165, 1.54) is 5.56 Å². The van der Waals surface area contributed by atoms with E-state index < -0.39 is 0 Å². The molecule has 1 N–H and O–H groups in total. The first-order valence-electron chi connectivity index (χ1n) is 6.64. The topological polar surface area (TPSA) is 42.4 Å². The molecule has 0 radical (unpaired) electrons. The van der Waals surface area contributed by atoms with Gasteiger partial charge in [-0.15, -0.1) is 11.3 Å². The number of nitrogens with zero attached hydrogens (tertiary/aromatic N) is 1. The summed E-state index contributed by atoms with van der Waals surface area (Å²) in [5, 5.41) is 13.0. The molecular weight excluding hydrogens is 294 g/mol. The third-order valence-corrected chi connectivity index (χ3v) is 5.18. The van der Waals surface area contributed by atoms with Crippen LogP contribution in [0.3, 0.4) is 0 Å². The summed E-state index contributed by atoms with van der Waals surface area (Å²) < 4.78 is 5.53. The first kappa shape index (κ1) is 14.0. The van der Waals surface area contributed by atoms with E-state index in [9.17, 15) is 5.11 Å². The first-order valence-corrected chi connectivity index (χ1v) is 7.90. The molecule has 0 spiro atoms. The van der Waals surface area contributed by atoms with Gasteiger partial charge in [-0.3, -0.25) is 0 Å². The Kier molecular flexibility index (Phi) is 4.08. The lowest BCUT2D eigenvalue weighted by atomic mass is 9.74. The van der Waals surface area contributed by atoms with Crippen LogP contribution in [0.1, 0.15) is 29.1 Å². The summed E-state index contributed by atoms with van der Waals surface area (Å²) in [4.78, 5) is 4.60. The predicted molar refractivity (Wildman–Crippen MR) is 80.3 cm³/mol. The highest BCUT2D eigenvalue weighted by Gasteiger charge is 2.39. The van der Waals surface area contributed by atoms with E-state index >= 15 is 0 Å². The highest BCUT2D eigenvalue weighted by Crippen LogP contribution is 2.43. The highest BCUT2D eigenvalue weighted by atomic mass is 35.5. The van der Waals surface area contributed by atoms with Crippen molar-refractivity contribution in [1.29, 1.82) is 0 Å². The Hall–Kier alpha value is -0.940. The molecule has 1 aliphatic heterocycles. The predicted octanol–water partition coefficient (Wildman–Crippen LogP) is 3.39. The summed E-state index contributed by atoms with van der Waals surface area (Å²) in [6.45, 7) is 1.43. The number of aromatic nitrogens is 1. The molecule has 1 aromatic carbocycles. The van der Waals surface area contributed by atoms with Crippen molar-refractivity contribution in [3.05, 3.63) is 50.9 Å². The summed E-state index contributed by atoms with van der Waals surface area (Å²) >= 11 is 7.77. The Morgan fingerprint density at radius 3 is 2.80 bits per heavy atom. The summed E-state index contributed by atoms with van der Waals surface area (Å²) in [6, 6.07) is 8.00. The Balaban J connectivity index is 2.08. The number of aliphatic hydroxyl groups excluding tert-OH is 1. The maximum absolute atomic E-state index is 9.25. The van der Waals surface area contributed by atoms with Gasteiger partial charge in [-0.25, -0.2) is 4.98 Å². The maximum atomic E-state index is 9.25. The van der Waals surface area contributed by atoms with Crippen molar-refractivity contribution in [2.75, 3.05) is 13.2 Å². The number of halogens is 1. The van der Waals surface area contributed by atoms with Gasteiger partial charge < -0.3 is 9.84 Å². The Morgan fingerprint density at radius 2 is 2.15 bits per heavy atom. The number of benzene rings is 1. The molecule has 5 heteroatoms. The van der Waals surface area contributed by atoms with E-state index in [1.807, 2.05) is 23.6 Å². The second-order valence-corrected chi connectivity index (χ2v) is 6.30. The van der Waals surface area contributed by atoms with Gasteiger partial charge in [0.15, 0.2) is 0 Å². The number of ether oxygens (including phenoxy) is 1. The van der Waals surface area contributed by atoms with Crippen LogP contribution in [0.4, 0.5) is 0 Å². The number of rotatable bonds is 3. The molecule has 2 heterocycles. The van der Waals surface area contributed by atoms with Crippen molar-refractivity contribution in [2.45, 2.75) is 24.9 Å². The molecule has 1 aliphatic rings. The number of thiazole rings is 1. The molecule has 0 unspecified atom stereocenters. The monoisotopic (exact) mass is 309 g/mol. The summed E-state index contributed by atoms with van der Waals surface area (Å²) in [5.41, 5.74) is 1.78. The van der Waals surface area contributed by atoms with E-state index in [2.05, 4.69) is 11.1 Å². The van der Waals surface area contributed by atoms with Gasteiger partial charge in [-0.05, 0) is 30.5 Å². The van der Waals surface area contributed by atoms with Crippen LogP contribution in [-0.4, -0.2) is 23.3 Å². The van der Waals surface area contributed by atoms with Gasteiger partial charge >= 0.3 is 0 Å². The zero-order valence-electron chi connectivity index (χ0n) is 11.0. The molecule has 2 aromatic rings. The minimum Gasteiger partial charge on any atom is -0.390 e. The first-order chi connectivity index (χ1) is 9.74. The SMILES string of the molecule is OCc1csc(C2(c3cccc(Cl)c3)CCOCC2)n1. The lowest BCUT2D eigenvalue weighted by molar-refractivity contribution is 0.0629. The zero-order valence-corrected chi connectivity index (χ0v) is 12.6. The molecule has 3 nitrogen and oxygen atoms in total. The second kappa shape index (κ2) is 5.82. The molecule has 20 heavy (non-hydrogen) atoms. The molecule has 0 bridgehead atoms. The largest absolute Gasteiger partial charge is 0.390 e. The minimum atomic E-state index is -0.138. The van der Waals surface area contributed by atoms with Gasteiger partial charge in [-0.2, -0.15) is 0 Å². The molecule has 0 aliphatic carbocycles. The third kappa shape index (κ3) is 2.49. The van der Waals surface area contributed by atoms with Crippen molar-refractivity contribution in [3.63, 3.8) is 0 Å². The van der Waals surface area contributed by atoms with Crippen LogP contribution in [-0.2, 0) is 16.8 Å². The van der Waals surface area contributed by atoms with Gasteiger partial charge in [0.25, 0.3) is 0 Å². The summed E-state index contributed by atoms with van der Waals surface area (Å²) in [7, 11) is 0. The van der Waals surface area contributed by atoms with Crippen LogP contribution >= 0.6 is 22.9 Å². The fraction of sp³-hybridized carbons (Fsp3) is 0.400. The molecule has 0 atom stereocenters. The van der Waals surface area contributed by atoms with Crippen LogP contribution < -0.4 is 0 Å². The summed E-state index contributed by atoms with van der Waals surface area (Å²) in [6.07, 6.45) is 1.79. The van der Waals surface area contributed by atoms with Crippen molar-refractivity contribution in [3.8, 4) is 0 Å². The van der Waals surface area contributed by atoms with E-state index in [1.54, 1.807) is 11.3 Å². The van der Waals surface area contributed by atoms with Crippen LogP contribution in [0, 0.1) is 0 Å². The third-order valence-electron chi connectivity index (χ3n) is 3.85.